The number of anilines is 1. The summed E-state index contributed by atoms with van der Waals surface area (Å²) in [4.78, 5) is 13.1. The number of hydrogen-bond acceptors (Lipinski definition) is 4. The first kappa shape index (κ1) is 23.7. The number of nitrogens with zero attached hydrogens (tertiary/aromatic N) is 1. The Kier molecular flexibility index (Phi) is 7.12. The zero-order valence-electron chi connectivity index (χ0n) is 19.1. The van der Waals surface area contributed by atoms with Gasteiger partial charge in [0.05, 0.1) is 11.5 Å². The molecule has 1 unspecified atom stereocenters. The van der Waals surface area contributed by atoms with Crippen LogP contribution in [0.3, 0.4) is 0 Å². The maximum atomic E-state index is 12.9. The number of nitrogens with one attached hydrogen (secondary N) is 2. The fourth-order valence-electron chi connectivity index (χ4n) is 3.91. The Bertz CT molecular complexity index is 1380. The summed E-state index contributed by atoms with van der Waals surface area (Å²) < 4.78 is 34.5. The summed E-state index contributed by atoms with van der Waals surface area (Å²) >= 11 is 0. The van der Waals surface area contributed by atoms with E-state index in [1.165, 1.54) is 19.2 Å². The van der Waals surface area contributed by atoms with Crippen LogP contribution < -0.4 is 10.0 Å². The highest BCUT2D eigenvalue weighted by atomic mass is 32.2. The Morgan fingerprint density at radius 1 is 0.971 bits per heavy atom. The molecule has 2 N–H and O–H groups in total. The number of rotatable bonds is 9. The van der Waals surface area contributed by atoms with E-state index in [0.29, 0.717) is 5.69 Å². The smallest absolute Gasteiger partial charge is 0.244 e. The Hall–Kier alpha value is -3.46. The van der Waals surface area contributed by atoms with Crippen molar-refractivity contribution in [3.63, 3.8) is 0 Å². The van der Waals surface area contributed by atoms with Crippen LogP contribution in [0.5, 0.6) is 0 Å². The summed E-state index contributed by atoms with van der Waals surface area (Å²) in [6.45, 7) is 2.12. The zero-order chi connectivity index (χ0) is 24.1. The van der Waals surface area contributed by atoms with Crippen molar-refractivity contribution in [1.29, 1.82) is 0 Å². The Morgan fingerprint density at radius 3 is 2.35 bits per heavy atom. The van der Waals surface area contributed by atoms with E-state index in [1.54, 1.807) is 19.1 Å². The van der Waals surface area contributed by atoms with Crippen LogP contribution in [0.25, 0.3) is 22.2 Å². The number of para-hydroxylation sites is 1. The number of methoxy groups -OCH3 is 1. The quantitative estimate of drug-likeness (QED) is 0.377. The third-order valence-corrected chi connectivity index (χ3v) is 7.01. The highest BCUT2D eigenvalue weighted by Crippen LogP contribution is 2.28. The number of sulfonamides is 1. The SMILES string of the molecule is COCC(C)NS(=O)(=O)c1ccc(NC(=O)Cn2c(-c3ccccc3)cc3ccccc32)cc1. The van der Waals surface area contributed by atoms with Gasteiger partial charge in [-0.1, -0.05) is 48.5 Å². The van der Waals surface area contributed by atoms with Gasteiger partial charge >= 0.3 is 0 Å². The summed E-state index contributed by atoms with van der Waals surface area (Å²) in [7, 11) is -2.16. The number of benzene rings is 3. The maximum Gasteiger partial charge on any atom is 0.244 e. The van der Waals surface area contributed by atoms with Crippen LogP contribution in [-0.2, 0) is 26.1 Å². The number of hydrogen-bond donors (Lipinski definition) is 2. The Labute approximate surface area is 199 Å². The Balaban J connectivity index is 1.52. The molecule has 0 aliphatic heterocycles. The van der Waals surface area contributed by atoms with Crippen molar-refractivity contribution in [3.8, 4) is 11.3 Å². The van der Waals surface area contributed by atoms with Gasteiger partial charge in [-0.3, -0.25) is 4.79 Å². The first-order valence-electron chi connectivity index (χ1n) is 10.9. The van der Waals surface area contributed by atoms with Gasteiger partial charge in [-0.15, -0.1) is 0 Å². The van der Waals surface area contributed by atoms with Gasteiger partial charge < -0.3 is 14.6 Å². The monoisotopic (exact) mass is 477 g/mol. The van der Waals surface area contributed by atoms with Gasteiger partial charge in [-0.05, 0) is 48.9 Å². The molecule has 176 valence electrons. The fourth-order valence-corrected chi connectivity index (χ4v) is 5.14. The van der Waals surface area contributed by atoms with Crippen molar-refractivity contribution >= 4 is 32.5 Å². The van der Waals surface area contributed by atoms with Crippen LogP contribution in [0, 0.1) is 0 Å². The van der Waals surface area contributed by atoms with Crippen molar-refractivity contribution in [1.82, 2.24) is 9.29 Å². The second-order valence-corrected chi connectivity index (χ2v) is 9.80. The van der Waals surface area contributed by atoms with E-state index in [-0.39, 0.29) is 30.0 Å². The van der Waals surface area contributed by atoms with Gasteiger partial charge in [0, 0.05) is 35.4 Å². The van der Waals surface area contributed by atoms with Gasteiger partial charge in [-0.25, -0.2) is 13.1 Å². The number of carbonyl (C=O) groups is 1. The molecule has 0 saturated heterocycles. The predicted octanol–water partition coefficient (Wildman–Crippen LogP) is 4.26. The molecular formula is C26H27N3O4S. The van der Waals surface area contributed by atoms with Crippen molar-refractivity contribution < 1.29 is 17.9 Å². The van der Waals surface area contributed by atoms with Crippen LogP contribution in [0.4, 0.5) is 5.69 Å². The molecule has 1 heterocycles. The minimum atomic E-state index is -3.68. The van der Waals surface area contributed by atoms with Crippen LogP contribution in [-0.4, -0.2) is 38.7 Å². The van der Waals surface area contributed by atoms with E-state index in [2.05, 4.69) is 16.1 Å². The summed E-state index contributed by atoms with van der Waals surface area (Å²) in [5.41, 5.74) is 3.46. The molecule has 0 aliphatic rings. The lowest BCUT2D eigenvalue weighted by Crippen LogP contribution is -2.35. The van der Waals surface area contributed by atoms with Crippen LogP contribution in [0.1, 0.15) is 6.92 Å². The molecule has 1 aromatic heterocycles. The van der Waals surface area contributed by atoms with Crippen molar-refractivity contribution in [3.05, 3.63) is 84.9 Å². The molecule has 0 aliphatic carbocycles. The third kappa shape index (κ3) is 5.36. The highest BCUT2D eigenvalue weighted by Gasteiger charge is 2.18. The van der Waals surface area contributed by atoms with Crippen LogP contribution >= 0.6 is 0 Å². The first-order chi connectivity index (χ1) is 16.4. The molecule has 1 atom stereocenters. The van der Waals surface area contributed by atoms with Gasteiger partial charge in [0.2, 0.25) is 15.9 Å². The van der Waals surface area contributed by atoms with E-state index >= 15 is 0 Å². The highest BCUT2D eigenvalue weighted by molar-refractivity contribution is 7.89. The van der Waals surface area contributed by atoms with Crippen molar-refractivity contribution in [2.24, 2.45) is 0 Å². The van der Waals surface area contributed by atoms with E-state index in [4.69, 9.17) is 4.74 Å². The molecule has 4 rings (SSSR count). The van der Waals surface area contributed by atoms with Crippen LogP contribution in [0.2, 0.25) is 0 Å². The van der Waals surface area contributed by atoms with Gasteiger partial charge in [0.25, 0.3) is 0 Å². The first-order valence-corrected chi connectivity index (χ1v) is 12.4. The summed E-state index contributed by atoms with van der Waals surface area (Å²) in [5.74, 6) is -0.207. The summed E-state index contributed by atoms with van der Waals surface area (Å²) in [6, 6.07) is 25.7. The molecule has 8 heteroatoms. The summed E-state index contributed by atoms with van der Waals surface area (Å²) in [6.07, 6.45) is 0. The lowest BCUT2D eigenvalue weighted by atomic mass is 10.1. The number of carbonyl (C=O) groups excluding carboxylic acids is 1. The Morgan fingerprint density at radius 2 is 1.65 bits per heavy atom. The second-order valence-electron chi connectivity index (χ2n) is 8.09. The van der Waals surface area contributed by atoms with E-state index in [1.807, 2.05) is 59.2 Å². The van der Waals surface area contributed by atoms with Crippen molar-refractivity contribution in [2.75, 3.05) is 19.0 Å². The molecule has 0 bridgehead atoms. The number of aromatic nitrogens is 1. The standard InChI is InChI=1S/C26H27N3O4S/c1-19(18-33-2)28-34(31,32)23-14-12-22(13-15-23)27-26(30)17-29-24-11-7-6-10-21(24)16-25(29)20-8-4-3-5-9-20/h3-16,19,28H,17-18H2,1-2H3,(H,27,30). The average molecular weight is 478 g/mol. The molecule has 7 nitrogen and oxygen atoms in total. The molecule has 3 aromatic carbocycles. The third-order valence-electron chi connectivity index (χ3n) is 5.40. The molecule has 0 fully saturated rings. The van der Waals surface area contributed by atoms with Crippen LogP contribution in [0.15, 0.2) is 89.8 Å². The number of fused-ring (bicyclic) bond motifs is 1. The lowest BCUT2D eigenvalue weighted by molar-refractivity contribution is -0.116. The van der Waals surface area contributed by atoms with E-state index < -0.39 is 10.0 Å². The average Bonchev–Trinajstić information content (AvgIpc) is 3.18. The number of ether oxygens (including phenoxy) is 1. The molecular weight excluding hydrogens is 450 g/mol. The molecule has 0 saturated carbocycles. The normalized spacial score (nSPS) is 12.5. The summed E-state index contributed by atoms with van der Waals surface area (Å²) in [5, 5.41) is 3.92. The molecule has 34 heavy (non-hydrogen) atoms. The zero-order valence-corrected chi connectivity index (χ0v) is 19.9. The minimum Gasteiger partial charge on any atom is -0.383 e. The largest absolute Gasteiger partial charge is 0.383 e. The maximum absolute atomic E-state index is 12.9. The van der Waals surface area contributed by atoms with Gasteiger partial charge in [0.15, 0.2) is 0 Å². The molecule has 0 radical (unpaired) electrons. The van der Waals surface area contributed by atoms with Crippen molar-refractivity contribution in [2.45, 2.75) is 24.4 Å². The van der Waals surface area contributed by atoms with E-state index in [9.17, 15) is 13.2 Å². The topological polar surface area (TPSA) is 89.4 Å². The minimum absolute atomic E-state index is 0.119. The second kappa shape index (κ2) is 10.2. The lowest BCUT2D eigenvalue weighted by Gasteiger charge is -2.14. The van der Waals surface area contributed by atoms with E-state index in [0.717, 1.165) is 22.2 Å². The predicted molar refractivity (Wildman–Crippen MR) is 134 cm³/mol. The van der Waals surface area contributed by atoms with Gasteiger partial charge in [-0.2, -0.15) is 0 Å². The fraction of sp³-hybridized carbons (Fsp3) is 0.192. The van der Waals surface area contributed by atoms with Gasteiger partial charge in [0.1, 0.15) is 6.54 Å². The molecule has 1 amide bonds. The molecule has 0 spiro atoms. The molecule has 4 aromatic rings. The number of amides is 1.